The Balaban J connectivity index is 3.06. The lowest BCUT2D eigenvalue weighted by molar-refractivity contribution is -0.137. The maximum Gasteiger partial charge on any atom is 0.417 e. The first-order valence-corrected chi connectivity index (χ1v) is 4.00. The summed E-state index contributed by atoms with van der Waals surface area (Å²) in [5.41, 5.74) is -0.103. The fraction of sp³-hybridized carbons (Fsp3) is 0.400. The third-order valence-corrected chi connectivity index (χ3v) is 1.75. The van der Waals surface area contributed by atoms with Gasteiger partial charge in [0.05, 0.1) is 5.56 Å². The molecule has 0 aliphatic carbocycles. The quantitative estimate of drug-likeness (QED) is 0.629. The van der Waals surface area contributed by atoms with Gasteiger partial charge in [0.2, 0.25) is 0 Å². The van der Waals surface area contributed by atoms with Crippen LogP contribution in [0.1, 0.15) is 30.9 Å². The second kappa shape index (κ2) is 3.40. The van der Waals surface area contributed by atoms with Gasteiger partial charge in [-0.05, 0) is 23.6 Å². The monoisotopic (exact) mass is 187 g/mol. The Bertz CT molecular complexity index is 286. The predicted octanol–water partition coefficient (Wildman–Crippen LogP) is 3.63. The molecule has 71 valence electrons. The summed E-state index contributed by atoms with van der Waals surface area (Å²) in [5, 5.41) is 0. The van der Waals surface area contributed by atoms with Crippen LogP contribution < -0.4 is 0 Å². The number of halogens is 3. The largest absolute Gasteiger partial charge is 0.417 e. The Morgan fingerprint density at radius 2 is 1.85 bits per heavy atom. The van der Waals surface area contributed by atoms with Crippen LogP contribution >= 0.6 is 0 Å². The van der Waals surface area contributed by atoms with E-state index in [9.17, 15) is 13.2 Å². The van der Waals surface area contributed by atoms with Gasteiger partial charge in [-0.1, -0.05) is 26.0 Å². The summed E-state index contributed by atoms with van der Waals surface area (Å²) in [7, 11) is 0. The summed E-state index contributed by atoms with van der Waals surface area (Å²) in [6.45, 7) is 3.68. The van der Waals surface area contributed by atoms with Gasteiger partial charge in [-0.15, -0.1) is 0 Å². The molecule has 0 nitrogen and oxygen atoms in total. The summed E-state index contributed by atoms with van der Waals surface area (Å²) in [6.07, 6.45) is -4.29. The van der Waals surface area contributed by atoms with E-state index in [0.29, 0.717) is 5.56 Å². The molecule has 0 amide bonds. The number of rotatable bonds is 1. The second-order valence-corrected chi connectivity index (χ2v) is 3.17. The van der Waals surface area contributed by atoms with Crippen molar-refractivity contribution in [3.8, 4) is 0 Å². The van der Waals surface area contributed by atoms with E-state index < -0.39 is 11.7 Å². The minimum absolute atomic E-state index is 0.0716. The summed E-state index contributed by atoms with van der Waals surface area (Å²) >= 11 is 0. The van der Waals surface area contributed by atoms with Crippen molar-refractivity contribution < 1.29 is 13.2 Å². The van der Waals surface area contributed by atoms with Crippen LogP contribution in [0.3, 0.4) is 0 Å². The SMILES string of the molecule is CC(C)c1[c]c(C(F)(F)F)ccc1. The molecular formula is C10H10F3. The number of hydrogen-bond donors (Lipinski definition) is 0. The molecule has 0 aliphatic rings. The van der Waals surface area contributed by atoms with E-state index in [2.05, 4.69) is 6.07 Å². The van der Waals surface area contributed by atoms with Gasteiger partial charge < -0.3 is 0 Å². The van der Waals surface area contributed by atoms with Crippen molar-refractivity contribution in [3.05, 3.63) is 35.4 Å². The van der Waals surface area contributed by atoms with Gasteiger partial charge in [0.15, 0.2) is 0 Å². The Kier molecular flexibility index (Phi) is 2.64. The third kappa shape index (κ3) is 2.47. The maximum absolute atomic E-state index is 12.2. The van der Waals surface area contributed by atoms with E-state index in [4.69, 9.17) is 0 Å². The highest BCUT2D eigenvalue weighted by molar-refractivity contribution is 5.25. The molecule has 0 fully saturated rings. The van der Waals surface area contributed by atoms with E-state index >= 15 is 0 Å². The summed E-state index contributed by atoms with van der Waals surface area (Å²) < 4.78 is 36.6. The molecule has 0 aliphatic heterocycles. The molecule has 1 rings (SSSR count). The molecule has 0 saturated carbocycles. The highest BCUT2D eigenvalue weighted by Gasteiger charge is 2.30. The topological polar surface area (TPSA) is 0 Å². The van der Waals surface area contributed by atoms with Crippen molar-refractivity contribution in [1.82, 2.24) is 0 Å². The molecule has 0 N–H and O–H groups in total. The van der Waals surface area contributed by atoms with Crippen LogP contribution in [0.4, 0.5) is 13.2 Å². The highest BCUT2D eigenvalue weighted by atomic mass is 19.4. The first kappa shape index (κ1) is 10.1. The van der Waals surface area contributed by atoms with Gasteiger partial charge >= 0.3 is 6.18 Å². The number of hydrogen-bond acceptors (Lipinski definition) is 0. The number of benzene rings is 1. The van der Waals surface area contributed by atoms with E-state index in [-0.39, 0.29) is 5.92 Å². The lowest BCUT2D eigenvalue weighted by atomic mass is 10.0. The summed E-state index contributed by atoms with van der Waals surface area (Å²) in [6, 6.07) is 6.46. The van der Waals surface area contributed by atoms with E-state index in [1.807, 2.05) is 13.8 Å². The van der Waals surface area contributed by atoms with Gasteiger partial charge in [0.25, 0.3) is 0 Å². The molecule has 0 unspecified atom stereocenters. The molecule has 3 heteroatoms. The van der Waals surface area contributed by atoms with Gasteiger partial charge in [-0.3, -0.25) is 0 Å². The molecule has 1 aromatic carbocycles. The molecule has 1 aromatic rings. The predicted molar refractivity (Wildman–Crippen MR) is 44.4 cm³/mol. The molecule has 1 radical (unpaired) electrons. The fourth-order valence-electron chi connectivity index (χ4n) is 0.989. The Labute approximate surface area is 75.4 Å². The molecule has 0 heterocycles. The first-order chi connectivity index (χ1) is 5.91. The zero-order valence-corrected chi connectivity index (χ0v) is 7.44. The smallest absolute Gasteiger partial charge is 0.166 e. The molecule has 0 spiro atoms. The van der Waals surface area contributed by atoms with Crippen LogP contribution in [0.15, 0.2) is 18.2 Å². The van der Waals surface area contributed by atoms with Crippen LogP contribution in [-0.4, -0.2) is 0 Å². The normalized spacial score (nSPS) is 12.2. The minimum Gasteiger partial charge on any atom is -0.166 e. The molecule has 0 aromatic heterocycles. The van der Waals surface area contributed by atoms with Crippen molar-refractivity contribution in [1.29, 1.82) is 0 Å². The van der Waals surface area contributed by atoms with Crippen molar-refractivity contribution in [2.45, 2.75) is 25.9 Å². The molecule has 0 bridgehead atoms. The Hall–Kier alpha value is -0.990. The first-order valence-electron chi connectivity index (χ1n) is 4.00. The van der Waals surface area contributed by atoms with E-state index in [0.717, 1.165) is 6.07 Å². The van der Waals surface area contributed by atoms with E-state index in [1.165, 1.54) is 6.07 Å². The lowest BCUT2D eigenvalue weighted by Gasteiger charge is -2.09. The van der Waals surface area contributed by atoms with Gasteiger partial charge in [0.1, 0.15) is 0 Å². The van der Waals surface area contributed by atoms with Crippen molar-refractivity contribution in [3.63, 3.8) is 0 Å². The zero-order valence-electron chi connectivity index (χ0n) is 7.44. The standard InChI is InChI=1S/C10H10F3/c1-7(2)8-4-3-5-9(6-8)10(11,12)13/h3-5,7H,1-2H3. The average Bonchev–Trinajstić information content (AvgIpc) is 2.03. The second-order valence-electron chi connectivity index (χ2n) is 3.17. The van der Waals surface area contributed by atoms with Crippen LogP contribution in [0, 0.1) is 6.07 Å². The van der Waals surface area contributed by atoms with Crippen molar-refractivity contribution >= 4 is 0 Å². The Morgan fingerprint density at radius 1 is 1.23 bits per heavy atom. The van der Waals surface area contributed by atoms with Gasteiger partial charge in [-0.2, -0.15) is 13.2 Å². The van der Waals surface area contributed by atoms with Crippen LogP contribution in [0.5, 0.6) is 0 Å². The summed E-state index contributed by atoms with van der Waals surface area (Å²) in [5.74, 6) is 0.0716. The average molecular weight is 187 g/mol. The number of alkyl halides is 3. The van der Waals surface area contributed by atoms with E-state index in [1.54, 1.807) is 6.07 Å². The minimum atomic E-state index is -4.29. The third-order valence-electron chi connectivity index (χ3n) is 1.75. The lowest BCUT2D eigenvalue weighted by Crippen LogP contribution is -2.05. The zero-order chi connectivity index (χ0) is 10.1. The molecule has 0 atom stereocenters. The van der Waals surface area contributed by atoms with Crippen molar-refractivity contribution in [2.24, 2.45) is 0 Å². The fourth-order valence-corrected chi connectivity index (χ4v) is 0.989. The highest BCUT2D eigenvalue weighted by Crippen LogP contribution is 2.30. The van der Waals surface area contributed by atoms with Gasteiger partial charge in [-0.25, -0.2) is 0 Å². The maximum atomic E-state index is 12.2. The van der Waals surface area contributed by atoms with Gasteiger partial charge in [0, 0.05) is 0 Å². The molecular weight excluding hydrogens is 177 g/mol. The van der Waals surface area contributed by atoms with Crippen molar-refractivity contribution in [2.75, 3.05) is 0 Å². The van der Waals surface area contributed by atoms with Crippen LogP contribution in [0.2, 0.25) is 0 Å². The van der Waals surface area contributed by atoms with Crippen LogP contribution in [-0.2, 0) is 6.18 Å². The molecule has 0 saturated heterocycles. The molecule has 13 heavy (non-hydrogen) atoms. The van der Waals surface area contributed by atoms with Crippen LogP contribution in [0.25, 0.3) is 0 Å². The Morgan fingerprint density at radius 3 is 2.31 bits per heavy atom. The summed E-state index contributed by atoms with van der Waals surface area (Å²) in [4.78, 5) is 0.